The van der Waals surface area contributed by atoms with Crippen LogP contribution in [0.3, 0.4) is 0 Å². The maximum absolute atomic E-state index is 13.0. The van der Waals surface area contributed by atoms with E-state index in [4.69, 9.17) is 18.9 Å². The van der Waals surface area contributed by atoms with Crippen molar-refractivity contribution in [2.45, 2.75) is 373 Å². The van der Waals surface area contributed by atoms with E-state index in [9.17, 15) is 19.5 Å². The molecule has 0 radical (unpaired) electrons. The second-order valence-electron chi connectivity index (χ2n) is 27.3. The second-order valence-corrected chi connectivity index (χ2v) is 27.3. The number of hydrogen-bond donors (Lipinski definition) is 1. The molecule has 0 amide bonds. The fourth-order valence-electron chi connectivity index (χ4n) is 11.3. The number of quaternary nitrogens is 1. The number of carboxylic acids is 1. The number of aliphatic carboxylic acids is 1. The predicted molar refractivity (Wildman–Crippen MR) is 392 cm³/mol. The molecule has 0 fully saturated rings. The van der Waals surface area contributed by atoms with Gasteiger partial charge in [0.25, 0.3) is 6.29 Å². The van der Waals surface area contributed by atoms with Gasteiger partial charge < -0.3 is 28.5 Å². The molecule has 0 aromatic rings. The minimum atomic E-state index is -1.51. The summed E-state index contributed by atoms with van der Waals surface area (Å²) in [6.07, 6.45) is 95.9. The molecule has 0 heterocycles. The molecule has 528 valence electrons. The summed E-state index contributed by atoms with van der Waals surface area (Å²) in [6.45, 7) is 4.80. The standard InChI is InChI=1S/C82H147NO8/c1-6-8-10-12-14-16-18-20-22-24-26-28-30-32-33-34-35-36-37-38-39-40-41-42-43-44-45-46-47-49-51-53-55-57-59-61-63-65-67-69-71-73-80(85)91-78(77-90-82(81(86)87)88-75-74-83(3,4)5)76-89-79(84)72-70-68-66-64-62-60-58-56-54-52-50-48-31-29-27-25-23-21-19-17-15-13-11-9-7-2/h8,10,14,16,19-22,25-28,32-33,78,82H,6-7,9,11-13,15,17-18,23-24,29-31,34-77H2,1-5H3/p+1/b10-8-,16-14-,21-19-,22-20-,27-25-,28-26-,33-32-. The van der Waals surface area contributed by atoms with Crippen molar-refractivity contribution in [3.63, 3.8) is 0 Å². The molecular weight excluding hydrogens is 1130 g/mol. The van der Waals surface area contributed by atoms with Crippen LogP contribution in [0.2, 0.25) is 0 Å². The number of carboxylic acid groups (broad SMARTS) is 1. The second kappa shape index (κ2) is 72.3. The van der Waals surface area contributed by atoms with E-state index in [-0.39, 0.29) is 38.2 Å². The van der Waals surface area contributed by atoms with Crippen LogP contribution in [0.1, 0.15) is 361 Å². The topological polar surface area (TPSA) is 108 Å². The van der Waals surface area contributed by atoms with Gasteiger partial charge in [0.2, 0.25) is 0 Å². The first-order valence-electron chi connectivity index (χ1n) is 38.8. The number of esters is 2. The van der Waals surface area contributed by atoms with Gasteiger partial charge in [-0.05, 0) is 89.9 Å². The lowest BCUT2D eigenvalue weighted by Gasteiger charge is -2.25. The zero-order valence-corrected chi connectivity index (χ0v) is 60.5. The average Bonchev–Trinajstić information content (AvgIpc) is 3.53. The van der Waals surface area contributed by atoms with Crippen LogP contribution in [0.5, 0.6) is 0 Å². The quantitative estimate of drug-likeness (QED) is 0.0211. The molecule has 9 nitrogen and oxygen atoms in total. The van der Waals surface area contributed by atoms with Crippen molar-refractivity contribution < 1.29 is 42.9 Å². The lowest BCUT2D eigenvalue weighted by atomic mass is 10.0. The van der Waals surface area contributed by atoms with E-state index in [1.54, 1.807) is 0 Å². The Labute approximate surface area is 563 Å². The average molecular weight is 1280 g/mol. The first kappa shape index (κ1) is 87.5. The van der Waals surface area contributed by atoms with Gasteiger partial charge in [0.15, 0.2) is 6.10 Å². The molecule has 2 atom stereocenters. The Bertz CT molecular complexity index is 1770. The van der Waals surface area contributed by atoms with E-state index >= 15 is 0 Å². The van der Waals surface area contributed by atoms with Crippen LogP contribution < -0.4 is 0 Å². The van der Waals surface area contributed by atoms with Crippen molar-refractivity contribution in [2.75, 3.05) is 47.5 Å². The highest BCUT2D eigenvalue weighted by atomic mass is 16.7. The van der Waals surface area contributed by atoms with Gasteiger partial charge in [-0.2, -0.15) is 0 Å². The first-order valence-corrected chi connectivity index (χ1v) is 38.8. The third kappa shape index (κ3) is 73.7. The van der Waals surface area contributed by atoms with Gasteiger partial charge in [-0.3, -0.25) is 9.59 Å². The first-order chi connectivity index (χ1) is 44.6. The van der Waals surface area contributed by atoms with Crippen molar-refractivity contribution in [3.8, 4) is 0 Å². The Morgan fingerprint density at radius 3 is 0.934 bits per heavy atom. The summed E-state index contributed by atoms with van der Waals surface area (Å²) in [6, 6.07) is 0. The smallest absolute Gasteiger partial charge is 0.361 e. The summed E-state index contributed by atoms with van der Waals surface area (Å²) < 4.78 is 23.0. The highest BCUT2D eigenvalue weighted by Crippen LogP contribution is 2.19. The summed E-state index contributed by atoms with van der Waals surface area (Å²) >= 11 is 0. The fourth-order valence-corrected chi connectivity index (χ4v) is 11.3. The molecule has 0 aliphatic carbocycles. The van der Waals surface area contributed by atoms with E-state index in [0.29, 0.717) is 17.4 Å². The summed E-state index contributed by atoms with van der Waals surface area (Å²) in [7, 11) is 5.99. The summed E-state index contributed by atoms with van der Waals surface area (Å²) in [5.41, 5.74) is 0. The van der Waals surface area contributed by atoms with E-state index in [1.807, 2.05) is 21.1 Å². The van der Waals surface area contributed by atoms with Crippen LogP contribution in [-0.2, 0) is 33.3 Å². The molecular formula is C82H148NO8+. The van der Waals surface area contributed by atoms with Crippen molar-refractivity contribution in [3.05, 3.63) is 85.1 Å². The van der Waals surface area contributed by atoms with Crippen LogP contribution in [0, 0.1) is 0 Å². The molecule has 0 aromatic heterocycles. The summed E-state index contributed by atoms with van der Waals surface area (Å²) in [4.78, 5) is 37.7. The Kier molecular flexibility index (Phi) is 69.5. The van der Waals surface area contributed by atoms with Gasteiger partial charge in [0, 0.05) is 12.8 Å². The molecule has 0 aromatic carbocycles. The van der Waals surface area contributed by atoms with E-state index in [0.717, 1.165) is 77.0 Å². The van der Waals surface area contributed by atoms with Gasteiger partial charge in [-0.25, -0.2) is 4.79 Å². The largest absolute Gasteiger partial charge is 0.477 e. The lowest BCUT2D eigenvalue weighted by Crippen LogP contribution is -2.40. The van der Waals surface area contributed by atoms with Gasteiger partial charge in [0.05, 0.1) is 34.4 Å². The Hall–Kier alpha value is -3.53. The minimum Gasteiger partial charge on any atom is -0.477 e. The Morgan fingerprint density at radius 1 is 0.341 bits per heavy atom. The fraction of sp³-hybridized carbons (Fsp3) is 0.793. The highest BCUT2D eigenvalue weighted by molar-refractivity contribution is 5.71. The number of rotatable bonds is 72. The van der Waals surface area contributed by atoms with Crippen LogP contribution in [0.25, 0.3) is 0 Å². The zero-order chi connectivity index (χ0) is 66.1. The molecule has 0 aliphatic heterocycles. The zero-order valence-electron chi connectivity index (χ0n) is 60.5. The summed E-state index contributed by atoms with van der Waals surface area (Å²) in [5.74, 6) is -1.98. The molecule has 9 heteroatoms. The van der Waals surface area contributed by atoms with Crippen LogP contribution in [0.15, 0.2) is 85.1 Å². The summed E-state index contributed by atoms with van der Waals surface area (Å²) in [5, 5.41) is 9.76. The van der Waals surface area contributed by atoms with Crippen molar-refractivity contribution in [1.82, 2.24) is 0 Å². The number of ether oxygens (including phenoxy) is 4. The van der Waals surface area contributed by atoms with Crippen molar-refractivity contribution in [1.29, 1.82) is 0 Å². The molecule has 91 heavy (non-hydrogen) atoms. The van der Waals surface area contributed by atoms with Crippen LogP contribution >= 0.6 is 0 Å². The van der Waals surface area contributed by atoms with Crippen molar-refractivity contribution >= 4 is 17.9 Å². The third-order valence-electron chi connectivity index (χ3n) is 17.1. The van der Waals surface area contributed by atoms with E-state index < -0.39 is 18.4 Å². The SMILES string of the molecule is CC/C=C\C/C=C\C/C=C\C/C=C\C/C=C\CCCCCCCCCCCCCCCCCCCCCCCCCCCC(=O)OC(COC(=O)CCCCCCCCCCCCCCC/C=C\C/C=C\CCCCCCC)COC(OCC[N+](C)(C)C)C(=O)O. The number of carbonyl (C=O) groups excluding carboxylic acids is 2. The van der Waals surface area contributed by atoms with Gasteiger partial charge in [-0.1, -0.05) is 343 Å². The molecule has 2 unspecified atom stereocenters. The third-order valence-corrected chi connectivity index (χ3v) is 17.1. The van der Waals surface area contributed by atoms with Gasteiger partial charge >= 0.3 is 17.9 Å². The van der Waals surface area contributed by atoms with Crippen molar-refractivity contribution in [2.24, 2.45) is 0 Å². The number of allylic oxidation sites excluding steroid dienone is 14. The van der Waals surface area contributed by atoms with Gasteiger partial charge in [-0.15, -0.1) is 0 Å². The number of carbonyl (C=O) groups is 3. The highest BCUT2D eigenvalue weighted by Gasteiger charge is 2.25. The number of unbranched alkanes of at least 4 members (excludes halogenated alkanes) is 43. The molecule has 0 aliphatic rings. The Morgan fingerprint density at radius 2 is 0.626 bits per heavy atom. The molecule has 0 spiro atoms. The lowest BCUT2D eigenvalue weighted by molar-refractivity contribution is -0.870. The number of likely N-dealkylation sites (N-methyl/N-ethyl adjacent to an activating group) is 1. The van der Waals surface area contributed by atoms with E-state index in [2.05, 4.69) is 98.9 Å². The molecule has 0 saturated carbocycles. The van der Waals surface area contributed by atoms with Gasteiger partial charge in [0.1, 0.15) is 13.2 Å². The minimum absolute atomic E-state index is 0.180. The predicted octanol–water partition coefficient (Wildman–Crippen LogP) is 24.6. The molecule has 0 rings (SSSR count). The maximum Gasteiger partial charge on any atom is 0.361 e. The maximum atomic E-state index is 13.0. The van der Waals surface area contributed by atoms with Crippen LogP contribution in [0.4, 0.5) is 0 Å². The van der Waals surface area contributed by atoms with Crippen LogP contribution in [-0.4, -0.2) is 87.4 Å². The molecule has 0 saturated heterocycles. The molecule has 0 bridgehead atoms. The normalized spacial score (nSPS) is 13.1. The number of nitrogens with zero attached hydrogens (tertiary/aromatic N) is 1. The number of hydrogen-bond acceptors (Lipinski definition) is 7. The monoisotopic (exact) mass is 1280 g/mol. The molecule has 1 N–H and O–H groups in total. The van der Waals surface area contributed by atoms with E-state index in [1.165, 1.54) is 257 Å². The Balaban J connectivity index is 3.97.